The molecule has 1 aromatic heterocycles. The van der Waals surface area contributed by atoms with Crippen LogP contribution in [0.3, 0.4) is 0 Å². The summed E-state index contributed by atoms with van der Waals surface area (Å²) < 4.78 is 26.5. The number of aryl methyl sites for hydroxylation is 1. The predicted octanol–water partition coefficient (Wildman–Crippen LogP) is 3.93. The number of nitrogens with one attached hydrogen (secondary N) is 1. The van der Waals surface area contributed by atoms with E-state index < -0.39 is 15.8 Å². The molecule has 0 aliphatic carbocycles. The van der Waals surface area contributed by atoms with Crippen LogP contribution in [0, 0.1) is 13.8 Å². The number of halogens is 1. The lowest BCUT2D eigenvalue weighted by Gasteiger charge is -2.25. The van der Waals surface area contributed by atoms with Crippen molar-refractivity contribution >= 4 is 49.4 Å². The maximum Gasteiger partial charge on any atom is 0.270 e. The molecule has 0 saturated heterocycles. The van der Waals surface area contributed by atoms with Crippen LogP contribution in [0.25, 0.3) is 0 Å². The van der Waals surface area contributed by atoms with E-state index in [2.05, 4.69) is 5.32 Å². The molecule has 1 aromatic carbocycles. The third-order valence-electron chi connectivity index (χ3n) is 3.96. The van der Waals surface area contributed by atoms with Crippen LogP contribution in [-0.4, -0.2) is 21.2 Å². The van der Waals surface area contributed by atoms with Crippen molar-refractivity contribution in [3.8, 4) is 0 Å². The van der Waals surface area contributed by atoms with Gasteiger partial charge in [-0.3, -0.25) is 9.10 Å². The van der Waals surface area contributed by atoms with Crippen molar-refractivity contribution in [2.45, 2.75) is 13.8 Å². The highest BCUT2D eigenvalue weighted by Crippen LogP contribution is 2.42. The SMILES string of the molecule is Cc1sc2c(c1C)C(=O)/C(=C/Nc1ccc(Cl)cc1)S(=O)(=O)N2C. The number of nitrogens with zero attached hydrogens (tertiary/aromatic N) is 1. The van der Waals surface area contributed by atoms with Crippen LogP contribution in [0.1, 0.15) is 20.8 Å². The average Bonchev–Trinajstić information content (AvgIpc) is 2.83. The molecule has 0 atom stereocenters. The van der Waals surface area contributed by atoms with Crippen molar-refractivity contribution in [1.29, 1.82) is 0 Å². The Labute approximate surface area is 149 Å². The van der Waals surface area contributed by atoms with E-state index >= 15 is 0 Å². The zero-order valence-corrected chi connectivity index (χ0v) is 15.6. The molecule has 3 rings (SSSR count). The number of thiophene rings is 1. The number of carbonyl (C=O) groups excluding carboxylic acids is 1. The Morgan fingerprint density at radius 2 is 1.83 bits per heavy atom. The zero-order chi connectivity index (χ0) is 17.6. The maximum atomic E-state index is 12.8. The number of carbonyl (C=O) groups is 1. The Balaban J connectivity index is 2.07. The molecule has 0 radical (unpaired) electrons. The van der Waals surface area contributed by atoms with Crippen molar-refractivity contribution in [1.82, 2.24) is 0 Å². The Bertz CT molecular complexity index is 960. The summed E-state index contributed by atoms with van der Waals surface area (Å²) in [6, 6.07) is 6.76. The zero-order valence-electron chi connectivity index (χ0n) is 13.3. The average molecular weight is 383 g/mol. The van der Waals surface area contributed by atoms with Gasteiger partial charge in [0.25, 0.3) is 10.0 Å². The summed E-state index contributed by atoms with van der Waals surface area (Å²) in [6.07, 6.45) is 1.24. The number of anilines is 2. The Morgan fingerprint density at radius 1 is 1.21 bits per heavy atom. The van der Waals surface area contributed by atoms with Gasteiger partial charge in [0.05, 0.1) is 5.56 Å². The number of Topliss-reactive ketones (excluding diaryl/α,β-unsaturated/α-hetero) is 1. The van der Waals surface area contributed by atoms with Gasteiger partial charge >= 0.3 is 0 Å². The molecule has 1 aliphatic heterocycles. The smallest absolute Gasteiger partial charge is 0.270 e. The van der Waals surface area contributed by atoms with Gasteiger partial charge in [0.2, 0.25) is 5.78 Å². The molecule has 0 fully saturated rings. The Morgan fingerprint density at radius 3 is 2.46 bits per heavy atom. The second kappa shape index (κ2) is 5.91. The van der Waals surface area contributed by atoms with E-state index in [1.165, 1.54) is 28.9 Å². The third-order valence-corrected chi connectivity index (χ3v) is 7.37. The number of benzene rings is 1. The molecule has 1 aliphatic rings. The highest BCUT2D eigenvalue weighted by molar-refractivity contribution is 7.98. The van der Waals surface area contributed by atoms with Crippen LogP contribution < -0.4 is 9.62 Å². The van der Waals surface area contributed by atoms with Gasteiger partial charge in [-0.2, -0.15) is 0 Å². The van der Waals surface area contributed by atoms with Crippen LogP contribution >= 0.6 is 22.9 Å². The van der Waals surface area contributed by atoms with Gasteiger partial charge in [0.15, 0.2) is 4.91 Å². The van der Waals surface area contributed by atoms with Crippen molar-refractivity contribution in [2.75, 3.05) is 16.7 Å². The van der Waals surface area contributed by atoms with E-state index in [1.807, 2.05) is 13.8 Å². The summed E-state index contributed by atoms with van der Waals surface area (Å²) in [5.41, 5.74) is 1.92. The molecule has 2 heterocycles. The second-order valence-electron chi connectivity index (χ2n) is 5.42. The fourth-order valence-electron chi connectivity index (χ4n) is 2.43. The highest BCUT2D eigenvalue weighted by Gasteiger charge is 2.40. The summed E-state index contributed by atoms with van der Waals surface area (Å²) in [6.45, 7) is 3.71. The first kappa shape index (κ1) is 17.0. The fourth-order valence-corrected chi connectivity index (χ4v) is 5.13. The first-order valence-electron chi connectivity index (χ1n) is 7.09. The number of hydrogen-bond acceptors (Lipinski definition) is 5. The van der Waals surface area contributed by atoms with Crippen molar-refractivity contribution < 1.29 is 13.2 Å². The minimum atomic E-state index is -3.88. The molecule has 0 saturated carbocycles. The summed E-state index contributed by atoms with van der Waals surface area (Å²) in [5.74, 6) is -0.480. The number of allylic oxidation sites excluding steroid dienone is 1. The van der Waals surface area contributed by atoms with E-state index in [4.69, 9.17) is 11.6 Å². The predicted molar refractivity (Wildman–Crippen MR) is 98.6 cm³/mol. The summed E-state index contributed by atoms with van der Waals surface area (Å²) in [7, 11) is -2.42. The minimum absolute atomic E-state index is 0.270. The lowest BCUT2D eigenvalue weighted by atomic mass is 10.1. The number of hydrogen-bond donors (Lipinski definition) is 1. The highest BCUT2D eigenvalue weighted by atomic mass is 35.5. The monoisotopic (exact) mass is 382 g/mol. The molecule has 8 heteroatoms. The van der Waals surface area contributed by atoms with Gasteiger partial charge in [0.1, 0.15) is 5.00 Å². The number of ketones is 1. The molecule has 24 heavy (non-hydrogen) atoms. The van der Waals surface area contributed by atoms with Gasteiger partial charge in [-0.15, -0.1) is 11.3 Å². The normalized spacial score (nSPS) is 17.9. The Kier molecular flexibility index (Phi) is 4.19. The maximum absolute atomic E-state index is 12.8. The van der Waals surface area contributed by atoms with Gasteiger partial charge in [0, 0.05) is 28.8 Å². The second-order valence-corrected chi connectivity index (χ2v) is 9.00. The molecule has 1 N–H and O–H groups in total. The summed E-state index contributed by atoms with van der Waals surface area (Å²) in [5, 5.41) is 3.90. The molecule has 2 aromatic rings. The van der Waals surface area contributed by atoms with Crippen LogP contribution in [0.15, 0.2) is 35.4 Å². The quantitative estimate of drug-likeness (QED) is 0.799. The third kappa shape index (κ3) is 2.62. The minimum Gasteiger partial charge on any atom is -0.360 e. The standard InChI is InChI=1S/C16H15ClN2O3S2/c1-9-10(2)23-16-14(9)15(20)13(24(21,22)19(16)3)8-18-12-6-4-11(17)5-7-12/h4-8,18H,1-3H3/b13-8-. The molecule has 5 nitrogen and oxygen atoms in total. The van der Waals surface area contributed by atoms with Crippen molar-refractivity contribution in [3.05, 3.63) is 56.4 Å². The van der Waals surface area contributed by atoms with E-state index in [-0.39, 0.29) is 4.91 Å². The Hall–Kier alpha value is -1.83. The molecular formula is C16H15ClN2O3S2. The number of sulfonamides is 1. The topological polar surface area (TPSA) is 66.5 Å². The van der Waals surface area contributed by atoms with Gasteiger partial charge in [-0.05, 0) is 43.7 Å². The van der Waals surface area contributed by atoms with Gasteiger partial charge in [-0.1, -0.05) is 11.6 Å². The first-order chi connectivity index (χ1) is 11.2. The van der Waals surface area contributed by atoms with E-state index in [0.717, 1.165) is 10.4 Å². The number of rotatable bonds is 2. The van der Waals surface area contributed by atoms with E-state index in [9.17, 15) is 13.2 Å². The van der Waals surface area contributed by atoms with Crippen LogP contribution in [0.5, 0.6) is 0 Å². The van der Waals surface area contributed by atoms with E-state index in [1.54, 1.807) is 24.3 Å². The molecule has 0 amide bonds. The lowest BCUT2D eigenvalue weighted by Crippen LogP contribution is -2.36. The largest absolute Gasteiger partial charge is 0.360 e. The van der Waals surface area contributed by atoms with Gasteiger partial charge < -0.3 is 5.32 Å². The van der Waals surface area contributed by atoms with Gasteiger partial charge in [-0.25, -0.2) is 8.42 Å². The fraction of sp³-hybridized carbons (Fsp3) is 0.188. The van der Waals surface area contributed by atoms with Crippen LogP contribution in [-0.2, 0) is 10.0 Å². The molecular weight excluding hydrogens is 368 g/mol. The van der Waals surface area contributed by atoms with Crippen LogP contribution in [0.2, 0.25) is 5.02 Å². The van der Waals surface area contributed by atoms with E-state index in [0.29, 0.717) is 21.3 Å². The molecule has 0 spiro atoms. The summed E-state index contributed by atoms with van der Waals surface area (Å²) in [4.78, 5) is 13.4. The molecule has 0 unspecified atom stereocenters. The number of fused-ring (bicyclic) bond motifs is 1. The lowest BCUT2D eigenvalue weighted by molar-refractivity contribution is 0.104. The molecule has 0 bridgehead atoms. The molecule has 126 valence electrons. The van der Waals surface area contributed by atoms with Crippen molar-refractivity contribution in [3.63, 3.8) is 0 Å². The van der Waals surface area contributed by atoms with Crippen LogP contribution in [0.4, 0.5) is 10.7 Å². The van der Waals surface area contributed by atoms with Crippen molar-refractivity contribution in [2.24, 2.45) is 0 Å². The first-order valence-corrected chi connectivity index (χ1v) is 9.73. The summed E-state index contributed by atoms with van der Waals surface area (Å²) >= 11 is 7.14.